The van der Waals surface area contributed by atoms with Crippen LogP contribution in [0.4, 0.5) is 19.0 Å². The van der Waals surface area contributed by atoms with Gasteiger partial charge in [0, 0.05) is 24.7 Å². The monoisotopic (exact) mass is 483 g/mol. The first-order valence-electron chi connectivity index (χ1n) is 9.69. The van der Waals surface area contributed by atoms with E-state index < -0.39 is 12.3 Å². The van der Waals surface area contributed by atoms with Crippen molar-refractivity contribution in [3.8, 4) is 27.8 Å². The maximum Gasteiger partial charge on any atom is 0.573 e. The Morgan fingerprint density at radius 2 is 1.97 bits per heavy atom. The van der Waals surface area contributed by atoms with Gasteiger partial charge in [-0.3, -0.25) is 0 Å². The zero-order valence-corrected chi connectivity index (χ0v) is 18.4. The minimum Gasteiger partial charge on any atom is -0.496 e. The van der Waals surface area contributed by atoms with Crippen LogP contribution in [0, 0.1) is 0 Å². The molecule has 0 unspecified atom stereocenters. The Kier molecular flexibility index (Phi) is 7.59. The van der Waals surface area contributed by atoms with Crippen molar-refractivity contribution >= 4 is 23.1 Å². The Morgan fingerprint density at radius 1 is 1.18 bits per heavy atom. The molecule has 3 rings (SSSR count). The van der Waals surface area contributed by atoms with Gasteiger partial charge < -0.3 is 24.6 Å². The second kappa shape index (κ2) is 10.4. The summed E-state index contributed by atoms with van der Waals surface area (Å²) in [4.78, 5) is 20.5. The topological polar surface area (TPSA) is 103 Å². The molecule has 1 aromatic carbocycles. The number of hydrogen-bond donors (Lipinski definition) is 2. The number of carboxylic acids is 1. The van der Waals surface area contributed by atoms with Crippen LogP contribution in [0.3, 0.4) is 0 Å². The third-order valence-corrected chi connectivity index (χ3v) is 5.43. The summed E-state index contributed by atoms with van der Waals surface area (Å²) < 4.78 is 51.7. The Labute approximate surface area is 191 Å². The van der Waals surface area contributed by atoms with E-state index in [4.69, 9.17) is 9.47 Å². The fraction of sp³-hybridized carbons (Fsp3) is 0.286. The molecular weight excluding hydrogens is 463 g/mol. The molecule has 0 amide bonds. The molecule has 3 aromatic rings. The van der Waals surface area contributed by atoms with E-state index in [0.29, 0.717) is 41.5 Å². The van der Waals surface area contributed by atoms with E-state index in [1.54, 1.807) is 19.1 Å². The molecular formula is C21H20F3N3O5S. The van der Waals surface area contributed by atoms with Crippen LogP contribution >= 0.6 is 11.3 Å². The highest BCUT2D eigenvalue weighted by atomic mass is 32.1. The van der Waals surface area contributed by atoms with E-state index in [9.17, 15) is 23.1 Å². The van der Waals surface area contributed by atoms with E-state index in [0.717, 1.165) is 11.3 Å². The summed E-state index contributed by atoms with van der Waals surface area (Å²) >= 11 is 1.05. The largest absolute Gasteiger partial charge is 0.573 e. The average Bonchev–Trinajstić information content (AvgIpc) is 3.18. The molecule has 2 heterocycles. The van der Waals surface area contributed by atoms with Gasteiger partial charge in [-0.1, -0.05) is 6.07 Å². The van der Waals surface area contributed by atoms with Gasteiger partial charge in [0.2, 0.25) is 0 Å². The number of halogens is 3. The first-order chi connectivity index (χ1) is 15.7. The van der Waals surface area contributed by atoms with Crippen LogP contribution < -0.4 is 19.5 Å². The van der Waals surface area contributed by atoms with Crippen LogP contribution in [-0.4, -0.2) is 47.7 Å². The molecule has 2 aromatic heterocycles. The van der Waals surface area contributed by atoms with Gasteiger partial charge in [0.1, 0.15) is 29.4 Å². The molecule has 176 valence electrons. The number of aromatic nitrogens is 2. The van der Waals surface area contributed by atoms with Gasteiger partial charge in [-0.25, -0.2) is 14.8 Å². The van der Waals surface area contributed by atoms with Crippen molar-refractivity contribution in [2.45, 2.75) is 19.7 Å². The average molecular weight is 483 g/mol. The molecule has 0 spiro atoms. The normalized spacial score (nSPS) is 11.2. The molecule has 0 fully saturated rings. The summed E-state index contributed by atoms with van der Waals surface area (Å²) in [7, 11) is 1.36. The lowest BCUT2D eigenvalue weighted by Gasteiger charge is -2.13. The summed E-state index contributed by atoms with van der Waals surface area (Å²) in [6, 6.07) is 7.20. The first kappa shape index (κ1) is 24.1. The first-order valence-corrected chi connectivity index (χ1v) is 10.5. The van der Waals surface area contributed by atoms with Crippen LogP contribution in [0.5, 0.6) is 17.2 Å². The quantitative estimate of drug-likeness (QED) is 0.421. The van der Waals surface area contributed by atoms with Crippen LogP contribution in [0.2, 0.25) is 0 Å². The Morgan fingerprint density at radius 3 is 2.64 bits per heavy atom. The number of anilines is 1. The van der Waals surface area contributed by atoms with E-state index in [2.05, 4.69) is 20.0 Å². The predicted octanol–water partition coefficient (Wildman–Crippen LogP) is 4.86. The van der Waals surface area contributed by atoms with Crippen molar-refractivity contribution in [3.63, 3.8) is 0 Å². The molecule has 0 aliphatic heterocycles. The fourth-order valence-corrected chi connectivity index (χ4v) is 3.86. The summed E-state index contributed by atoms with van der Waals surface area (Å²) in [5, 5.41) is 12.5. The minimum atomic E-state index is -4.78. The number of alkyl halides is 3. The number of thiophene rings is 1. The van der Waals surface area contributed by atoms with Gasteiger partial charge in [-0.05, 0) is 25.0 Å². The van der Waals surface area contributed by atoms with Crippen molar-refractivity contribution < 1.29 is 37.3 Å². The van der Waals surface area contributed by atoms with Crippen molar-refractivity contribution in [1.82, 2.24) is 9.97 Å². The van der Waals surface area contributed by atoms with Gasteiger partial charge >= 0.3 is 12.3 Å². The molecule has 0 aliphatic rings. The highest BCUT2D eigenvalue weighted by Gasteiger charge is 2.31. The summed E-state index contributed by atoms with van der Waals surface area (Å²) in [6.45, 7) is 2.50. The van der Waals surface area contributed by atoms with E-state index >= 15 is 0 Å². The highest BCUT2D eigenvalue weighted by molar-refractivity contribution is 7.17. The number of aromatic carboxylic acids is 1. The third kappa shape index (κ3) is 6.48. The predicted molar refractivity (Wildman–Crippen MR) is 115 cm³/mol. The molecule has 0 bridgehead atoms. The molecule has 0 radical (unpaired) electrons. The lowest BCUT2D eigenvalue weighted by molar-refractivity contribution is -0.274. The van der Waals surface area contributed by atoms with Gasteiger partial charge in [0.25, 0.3) is 0 Å². The van der Waals surface area contributed by atoms with Gasteiger partial charge in [-0.2, -0.15) is 0 Å². The number of carboxylic acid groups (broad SMARTS) is 1. The van der Waals surface area contributed by atoms with E-state index in [1.165, 1.54) is 31.6 Å². The lowest BCUT2D eigenvalue weighted by atomic mass is 10.1. The number of methoxy groups -OCH3 is 1. The maximum absolute atomic E-state index is 12.4. The highest BCUT2D eigenvalue weighted by Crippen LogP contribution is 2.36. The van der Waals surface area contributed by atoms with Crippen LogP contribution in [0.25, 0.3) is 10.6 Å². The fourth-order valence-electron chi connectivity index (χ4n) is 2.95. The number of nitrogens with zero attached hydrogens (tertiary/aromatic N) is 2. The van der Waals surface area contributed by atoms with E-state index in [-0.39, 0.29) is 22.1 Å². The summed E-state index contributed by atoms with van der Waals surface area (Å²) in [5.41, 5.74) is 1.21. The second-order valence-corrected chi connectivity index (χ2v) is 7.58. The molecule has 0 saturated carbocycles. The molecule has 2 N–H and O–H groups in total. The molecule has 0 aliphatic carbocycles. The molecule has 0 atom stereocenters. The number of ether oxygens (including phenoxy) is 3. The summed E-state index contributed by atoms with van der Waals surface area (Å²) in [5.74, 6) is -0.394. The summed E-state index contributed by atoms with van der Waals surface area (Å²) in [6.07, 6.45) is -3.00. The van der Waals surface area contributed by atoms with Gasteiger partial charge in [0.15, 0.2) is 4.88 Å². The zero-order chi connectivity index (χ0) is 24.0. The molecule has 33 heavy (non-hydrogen) atoms. The lowest BCUT2D eigenvalue weighted by Crippen LogP contribution is -2.17. The molecule has 8 nitrogen and oxygen atoms in total. The Hall–Kier alpha value is -3.54. The van der Waals surface area contributed by atoms with Crippen molar-refractivity contribution in [1.29, 1.82) is 0 Å². The van der Waals surface area contributed by atoms with Gasteiger partial charge in [0.05, 0.1) is 24.3 Å². The van der Waals surface area contributed by atoms with Gasteiger partial charge in [-0.15, -0.1) is 24.5 Å². The smallest absolute Gasteiger partial charge is 0.496 e. The number of carbonyl (C=O) groups is 1. The molecule has 12 heteroatoms. The SMILES string of the molecule is CCOc1cc(-c2cc(NCCc3ccc(OC(F)(F)F)cc3OC)ncn2)sc1C(=O)O. The standard InChI is InChI=1S/C21H20F3N3O5S/c1-3-31-16-10-17(33-19(16)20(28)29)14-9-18(27-11-26-14)25-7-6-12-4-5-13(8-15(12)30-2)32-21(22,23)24/h4-5,8-11H,3,6-7H2,1-2H3,(H,28,29)(H,25,26,27). The Bertz CT molecular complexity index is 1120. The van der Waals surface area contributed by atoms with Crippen LogP contribution in [0.15, 0.2) is 36.7 Å². The van der Waals surface area contributed by atoms with Crippen molar-refractivity contribution in [3.05, 3.63) is 47.1 Å². The number of rotatable bonds is 10. The van der Waals surface area contributed by atoms with Crippen LogP contribution in [0.1, 0.15) is 22.2 Å². The number of nitrogens with one attached hydrogen (secondary N) is 1. The Balaban J connectivity index is 1.68. The molecule has 0 saturated heterocycles. The van der Waals surface area contributed by atoms with Crippen LogP contribution in [-0.2, 0) is 6.42 Å². The van der Waals surface area contributed by atoms with Crippen molar-refractivity contribution in [2.24, 2.45) is 0 Å². The second-order valence-electron chi connectivity index (χ2n) is 6.53. The zero-order valence-electron chi connectivity index (χ0n) is 17.6. The van der Waals surface area contributed by atoms with E-state index in [1.807, 2.05) is 0 Å². The number of benzene rings is 1. The number of hydrogen-bond acceptors (Lipinski definition) is 8. The third-order valence-electron chi connectivity index (χ3n) is 4.30. The maximum atomic E-state index is 12.4. The minimum absolute atomic E-state index is 0.0880. The van der Waals surface area contributed by atoms with Crippen molar-refractivity contribution in [2.75, 3.05) is 25.6 Å².